The lowest BCUT2D eigenvalue weighted by atomic mass is 9.91. The second kappa shape index (κ2) is 6.28. The number of rotatable bonds is 6. The third-order valence-corrected chi connectivity index (χ3v) is 2.57. The van der Waals surface area contributed by atoms with Gasteiger partial charge in [-0.25, -0.2) is 0 Å². The molecular weight excluding hydrogens is 144 g/mol. The smallest absolute Gasteiger partial charge is 0.0323 e. The first-order valence-electron chi connectivity index (χ1n) is 5.20. The van der Waals surface area contributed by atoms with Crippen LogP contribution in [0.25, 0.3) is 0 Å². The van der Waals surface area contributed by atoms with E-state index < -0.39 is 0 Å². The Labute approximate surface area is 78.1 Å². The molecule has 0 fully saturated rings. The molecule has 0 heterocycles. The molecule has 0 radical (unpaired) electrons. The molecule has 0 saturated heterocycles. The largest absolute Gasteiger partial charge is 0.100 e. The summed E-state index contributed by atoms with van der Waals surface area (Å²) in [5, 5.41) is 0. The van der Waals surface area contributed by atoms with E-state index in [2.05, 4.69) is 34.3 Å². The monoisotopic (exact) mass is 168 g/mol. The molecule has 0 amide bonds. The first-order chi connectivity index (χ1) is 5.56. The van der Waals surface area contributed by atoms with Crippen LogP contribution in [0.1, 0.15) is 53.4 Å². The van der Waals surface area contributed by atoms with Crippen LogP contribution in [0, 0.1) is 11.8 Å². The van der Waals surface area contributed by atoms with Crippen LogP contribution < -0.4 is 0 Å². The van der Waals surface area contributed by atoms with Crippen molar-refractivity contribution in [3.05, 3.63) is 12.2 Å². The summed E-state index contributed by atoms with van der Waals surface area (Å²) >= 11 is 0. The second-order valence-electron chi connectivity index (χ2n) is 4.35. The van der Waals surface area contributed by atoms with E-state index in [0.717, 1.165) is 11.8 Å². The van der Waals surface area contributed by atoms with E-state index in [9.17, 15) is 0 Å². The summed E-state index contributed by atoms with van der Waals surface area (Å²) < 4.78 is 0. The molecular formula is C12H24. The summed E-state index contributed by atoms with van der Waals surface area (Å²) in [5.74, 6) is 1.77. The maximum atomic E-state index is 3.93. The first-order valence-corrected chi connectivity index (χ1v) is 5.20. The third-order valence-electron chi connectivity index (χ3n) is 2.57. The molecule has 0 aliphatic carbocycles. The van der Waals surface area contributed by atoms with Crippen molar-refractivity contribution in [2.24, 2.45) is 11.8 Å². The van der Waals surface area contributed by atoms with Gasteiger partial charge in [-0.05, 0) is 38.0 Å². The molecule has 0 aromatic heterocycles. The number of hydrogen-bond donors (Lipinski definition) is 0. The molecule has 0 heteroatoms. The summed E-state index contributed by atoms with van der Waals surface area (Å²) in [6.45, 7) is 13.0. The zero-order chi connectivity index (χ0) is 9.56. The maximum absolute atomic E-state index is 3.93. The van der Waals surface area contributed by atoms with Gasteiger partial charge < -0.3 is 0 Å². The van der Waals surface area contributed by atoms with Crippen molar-refractivity contribution >= 4 is 0 Å². The van der Waals surface area contributed by atoms with E-state index in [0.29, 0.717) is 0 Å². The molecule has 0 aliphatic rings. The normalized spacial score (nSPS) is 15.7. The van der Waals surface area contributed by atoms with Crippen molar-refractivity contribution in [2.75, 3.05) is 0 Å². The lowest BCUT2D eigenvalue weighted by molar-refractivity contribution is 0.387. The van der Waals surface area contributed by atoms with Crippen LogP contribution in [-0.2, 0) is 0 Å². The van der Waals surface area contributed by atoms with Crippen molar-refractivity contribution < 1.29 is 0 Å². The Morgan fingerprint density at radius 3 is 2.25 bits per heavy atom. The molecule has 12 heavy (non-hydrogen) atoms. The quantitative estimate of drug-likeness (QED) is 0.515. The first kappa shape index (κ1) is 11.7. The molecule has 0 bridgehead atoms. The van der Waals surface area contributed by atoms with E-state index in [1.165, 1.54) is 31.3 Å². The Kier molecular flexibility index (Phi) is 6.14. The fraction of sp³-hybridized carbons (Fsp3) is 0.833. The lowest BCUT2D eigenvalue weighted by Crippen LogP contribution is -2.02. The maximum Gasteiger partial charge on any atom is -0.0323 e. The number of hydrogen-bond acceptors (Lipinski definition) is 0. The van der Waals surface area contributed by atoms with E-state index in [4.69, 9.17) is 0 Å². The SMILES string of the molecule is C=C(C)CCC(C)CC(C)CC. The van der Waals surface area contributed by atoms with Crippen molar-refractivity contribution in [2.45, 2.75) is 53.4 Å². The summed E-state index contributed by atoms with van der Waals surface area (Å²) in [4.78, 5) is 0. The number of allylic oxidation sites excluding steroid dienone is 1. The van der Waals surface area contributed by atoms with Crippen LogP contribution >= 0.6 is 0 Å². The topological polar surface area (TPSA) is 0 Å². The van der Waals surface area contributed by atoms with Crippen molar-refractivity contribution in [1.29, 1.82) is 0 Å². The van der Waals surface area contributed by atoms with Gasteiger partial charge in [-0.15, -0.1) is 6.58 Å². The van der Waals surface area contributed by atoms with Gasteiger partial charge in [-0.1, -0.05) is 32.8 Å². The van der Waals surface area contributed by atoms with Crippen LogP contribution in [0.15, 0.2) is 12.2 Å². The van der Waals surface area contributed by atoms with Gasteiger partial charge in [0.1, 0.15) is 0 Å². The van der Waals surface area contributed by atoms with Crippen molar-refractivity contribution in [3.63, 3.8) is 0 Å². The predicted octanol–water partition coefficient (Wildman–Crippen LogP) is 4.42. The molecule has 0 aromatic rings. The minimum Gasteiger partial charge on any atom is -0.100 e. The second-order valence-corrected chi connectivity index (χ2v) is 4.35. The Morgan fingerprint density at radius 1 is 1.25 bits per heavy atom. The standard InChI is InChI=1S/C12H24/c1-6-11(4)9-12(5)8-7-10(2)3/h11-12H,2,6-9H2,1,3-5H3. The molecule has 0 N–H and O–H groups in total. The fourth-order valence-electron chi connectivity index (χ4n) is 1.46. The Bertz CT molecular complexity index is 124. The fourth-order valence-corrected chi connectivity index (χ4v) is 1.46. The van der Waals surface area contributed by atoms with Gasteiger partial charge in [-0.2, -0.15) is 0 Å². The van der Waals surface area contributed by atoms with Gasteiger partial charge in [0, 0.05) is 0 Å². The van der Waals surface area contributed by atoms with Gasteiger partial charge >= 0.3 is 0 Å². The van der Waals surface area contributed by atoms with Crippen molar-refractivity contribution in [3.8, 4) is 0 Å². The van der Waals surface area contributed by atoms with Crippen LogP contribution in [0.5, 0.6) is 0 Å². The molecule has 0 rings (SSSR count). The zero-order valence-corrected chi connectivity index (χ0v) is 9.19. The molecule has 0 saturated carbocycles. The molecule has 0 aliphatic heterocycles. The van der Waals surface area contributed by atoms with Crippen LogP contribution in [0.4, 0.5) is 0 Å². The van der Waals surface area contributed by atoms with Crippen LogP contribution in [-0.4, -0.2) is 0 Å². The third kappa shape index (κ3) is 6.45. The molecule has 0 nitrogen and oxygen atoms in total. The molecule has 0 spiro atoms. The average molecular weight is 168 g/mol. The van der Waals surface area contributed by atoms with Gasteiger partial charge in [0.2, 0.25) is 0 Å². The highest BCUT2D eigenvalue weighted by atomic mass is 14.1. The van der Waals surface area contributed by atoms with Gasteiger partial charge in [-0.3, -0.25) is 0 Å². The molecule has 0 aromatic carbocycles. The van der Waals surface area contributed by atoms with Gasteiger partial charge in [0.25, 0.3) is 0 Å². The van der Waals surface area contributed by atoms with E-state index in [-0.39, 0.29) is 0 Å². The molecule has 2 unspecified atom stereocenters. The molecule has 72 valence electrons. The summed E-state index contributed by atoms with van der Waals surface area (Å²) in [6, 6.07) is 0. The predicted molar refractivity (Wildman–Crippen MR) is 57.3 cm³/mol. The average Bonchev–Trinajstić information content (AvgIpc) is 2.00. The highest BCUT2D eigenvalue weighted by molar-refractivity contribution is 4.87. The summed E-state index contributed by atoms with van der Waals surface area (Å²) in [6.07, 6.45) is 5.22. The zero-order valence-electron chi connectivity index (χ0n) is 9.19. The lowest BCUT2D eigenvalue weighted by Gasteiger charge is -2.15. The minimum absolute atomic E-state index is 0.872. The van der Waals surface area contributed by atoms with Gasteiger partial charge in [0.15, 0.2) is 0 Å². The molecule has 2 atom stereocenters. The highest BCUT2D eigenvalue weighted by Gasteiger charge is 2.06. The van der Waals surface area contributed by atoms with E-state index in [1.807, 2.05) is 0 Å². The van der Waals surface area contributed by atoms with Gasteiger partial charge in [0.05, 0.1) is 0 Å². The Balaban J connectivity index is 3.45. The summed E-state index contributed by atoms with van der Waals surface area (Å²) in [7, 11) is 0. The minimum atomic E-state index is 0.872. The highest BCUT2D eigenvalue weighted by Crippen LogP contribution is 2.20. The van der Waals surface area contributed by atoms with Crippen LogP contribution in [0.3, 0.4) is 0 Å². The van der Waals surface area contributed by atoms with Crippen LogP contribution in [0.2, 0.25) is 0 Å². The Hall–Kier alpha value is -0.260. The summed E-state index contributed by atoms with van der Waals surface area (Å²) in [5.41, 5.74) is 1.33. The Morgan fingerprint density at radius 2 is 1.83 bits per heavy atom. The van der Waals surface area contributed by atoms with E-state index in [1.54, 1.807) is 0 Å². The van der Waals surface area contributed by atoms with E-state index >= 15 is 0 Å². The van der Waals surface area contributed by atoms with Crippen molar-refractivity contribution in [1.82, 2.24) is 0 Å².